The van der Waals surface area contributed by atoms with Crippen LogP contribution in [0.15, 0.2) is 47.7 Å². The van der Waals surface area contributed by atoms with Gasteiger partial charge in [0.15, 0.2) is 5.96 Å². The van der Waals surface area contributed by atoms with Crippen molar-refractivity contribution in [3.8, 4) is 5.75 Å². The number of hydrogen-bond acceptors (Lipinski definition) is 6. The molecule has 0 amide bonds. The predicted octanol–water partition coefficient (Wildman–Crippen LogP) is 2.38. The van der Waals surface area contributed by atoms with Crippen LogP contribution < -0.4 is 20.3 Å². The van der Waals surface area contributed by atoms with Gasteiger partial charge in [-0.15, -0.1) is 24.0 Å². The van der Waals surface area contributed by atoms with Gasteiger partial charge in [0.2, 0.25) is 5.95 Å². The van der Waals surface area contributed by atoms with Crippen LogP contribution in [0.5, 0.6) is 5.75 Å². The lowest BCUT2D eigenvalue weighted by atomic mass is 10.2. The number of guanidine groups is 1. The molecule has 176 valence electrons. The summed E-state index contributed by atoms with van der Waals surface area (Å²) in [5.41, 5.74) is 0. The van der Waals surface area contributed by atoms with Gasteiger partial charge in [0, 0.05) is 64.8 Å². The van der Waals surface area contributed by atoms with E-state index in [0.29, 0.717) is 12.3 Å². The van der Waals surface area contributed by atoms with E-state index in [-0.39, 0.29) is 35.9 Å². The minimum Gasteiger partial charge on any atom is -0.489 e. The molecular formula is C22H33FIN7O. The summed E-state index contributed by atoms with van der Waals surface area (Å²) in [4.78, 5) is 17.6. The molecule has 1 aromatic heterocycles. The SMILES string of the molecule is CCC(CNC(=NC)NCCN1CCN(c2ncccn2)CC1)Oc1cccc(F)c1.I. The first-order chi connectivity index (χ1) is 15.2. The maximum atomic E-state index is 13.4. The second-order valence-electron chi connectivity index (χ2n) is 7.36. The Morgan fingerprint density at radius 1 is 1.16 bits per heavy atom. The lowest BCUT2D eigenvalue weighted by Gasteiger charge is -2.34. The number of anilines is 1. The normalized spacial score (nSPS) is 15.6. The zero-order valence-corrected chi connectivity index (χ0v) is 21.0. The van der Waals surface area contributed by atoms with Gasteiger partial charge in [-0.25, -0.2) is 14.4 Å². The third-order valence-corrected chi connectivity index (χ3v) is 5.20. The van der Waals surface area contributed by atoms with E-state index in [2.05, 4.69) is 35.4 Å². The summed E-state index contributed by atoms with van der Waals surface area (Å²) in [5, 5.41) is 6.65. The lowest BCUT2D eigenvalue weighted by molar-refractivity contribution is 0.198. The van der Waals surface area contributed by atoms with Crippen LogP contribution in [0.2, 0.25) is 0 Å². The summed E-state index contributed by atoms with van der Waals surface area (Å²) in [6.07, 6.45) is 4.29. The molecule has 0 aliphatic carbocycles. The number of hydrogen-bond donors (Lipinski definition) is 2. The molecule has 1 aliphatic rings. The molecule has 10 heteroatoms. The minimum atomic E-state index is -0.296. The van der Waals surface area contributed by atoms with Gasteiger partial charge in [-0.2, -0.15) is 0 Å². The molecule has 1 aromatic carbocycles. The molecule has 3 rings (SSSR count). The molecule has 0 radical (unpaired) electrons. The average Bonchev–Trinajstić information content (AvgIpc) is 2.81. The Kier molecular flexibility index (Phi) is 11.4. The van der Waals surface area contributed by atoms with Gasteiger partial charge >= 0.3 is 0 Å². The van der Waals surface area contributed by atoms with Crippen molar-refractivity contribution in [2.75, 3.05) is 57.8 Å². The number of aromatic nitrogens is 2. The highest BCUT2D eigenvalue weighted by Gasteiger charge is 2.18. The van der Waals surface area contributed by atoms with Crippen LogP contribution in [0.4, 0.5) is 10.3 Å². The van der Waals surface area contributed by atoms with Gasteiger partial charge in [0.25, 0.3) is 0 Å². The molecule has 8 nitrogen and oxygen atoms in total. The van der Waals surface area contributed by atoms with Crippen LogP contribution in [0, 0.1) is 5.82 Å². The molecule has 2 aromatic rings. The van der Waals surface area contributed by atoms with Crippen molar-refractivity contribution in [1.29, 1.82) is 0 Å². The molecule has 32 heavy (non-hydrogen) atoms. The summed E-state index contributed by atoms with van der Waals surface area (Å²) in [7, 11) is 1.75. The second-order valence-corrected chi connectivity index (χ2v) is 7.36. The van der Waals surface area contributed by atoms with Crippen LogP contribution in [-0.4, -0.2) is 79.8 Å². The Balaban J connectivity index is 0.00000363. The molecule has 1 aliphatic heterocycles. The molecule has 2 N–H and O–H groups in total. The number of benzene rings is 1. The summed E-state index contributed by atoms with van der Waals surface area (Å²) < 4.78 is 19.2. The first-order valence-electron chi connectivity index (χ1n) is 10.8. The van der Waals surface area contributed by atoms with Crippen molar-refractivity contribution in [3.05, 3.63) is 48.5 Å². The third kappa shape index (κ3) is 8.38. The van der Waals surface area contributed by atoms with E-state index in [1.165, 1.54) is 12.1 Å². The average molecular weight is 557 g/mol. The van der Waals surface area contributed by atoms with Gasteiger partial charge in [0.1, 0.15) is 17.7 Å². The molecule has 2 heterocycles. The molecule has 1 unspecified atom stereocenters. The number of piperazine rings is 1. The van der Waals surface area contributed by atoms with Crippen LogP contribution in [0.25, 0.3) is 0 Å². The zero-order chi connectivity index (χ0) is 21.9. The second kappa shape index (κ2) is 14.0. The molecule has 0 spiro atoms. The maximum absolute atomic E-state index is 13.4. The Morgan fingerprint density at radius 2 is 1.91 bits per heavy atom. The molecule has 0 saturated carbocycles. The van der Waals surface area contributed by atoms with Crippen LogP contribution in [-0.2, 0) is 0 Å². The number of nitrogens with zero attached hydrogens (tertiary/aromatic N) is 5. The van der Waals surface area contributed by atoms with Gasteiger partial charge in [0.05, 0.1) is 6.54 Å². The van der Waals surface area contributed by atoms with E-state index in [1.54, 1.807) is 31.6 Å². The first-order valence-corrected chi connectivity index (χ1v) is 10.8. The standard InChI is InChI=1S/C22H32FN7O.HI/c1-3-19(31-20-7-4-6-18(23)16-20)17-28-21(24-2)25-10-11-29-12-14-30(15-13-29)22-26-8-5-9-27-22;/h4-9,16,19H,3,10-15,17H2,1-2H3,(H2,24,25,28);1H. The summed E-state index contributed by atoms with van der Waals surface area (Å²) >= 11 is 0. The van der Waals surface area contributed by atoms with Crippen LogP contribution >= 0.6 is 24.0 Å². The van der Waals surface area contributed by atoms with Gasteiger partial charge in [-0.3, -0.25) is 9.89 Å². The van der Waals surface area contributed by atoms with E-state index in [1.807, 2.05) is 13.0 Å². The highest BCUT2D eigenvalue weighted by Crippen LogP contribution is 2.14. The van der Waals surface area contributed by atoms with Gasteiger partial charge < -0.3 is 20.3 Å². The van der Waals surface area contributed by atoms with Crippen molar-refractivity contribution in [1.82, 2.24) is 25.5 Å². The van der Waals surface area contributed by atoms with E-state index in [9.17, 15) is 4.39 Å². The maximum Gasteiger partial charge on any atom is 0.225 e. The van der Waals surface area contributed by atoms with E-state index in [4.69, 9.17) is 4.74 Å². The molecule has 1 fully saturated rings. The zero-order valence-electron chi connectivity index (χ0n) is 18.7. The summed E-state index contributed by atoms with van der Waals surface area (Å²) in [6, 6.07) is 8.07. The van der Waals surface area contributed by atoms with Crippen molar-refractivity contribution in [2.45, 2.75) is 19.4 Å². The topological polar surface area (TPSA) is 77.9 Å². The number of ether oxygens (including phenoxy) is 1. The highest BCUT2D eigenvalue weighted by atomic mass is 127. The molecule has 1 saturated heterocycles. The monoisotopic (exact) mass is 557 g/mol. The van der Waals surface area contributed by atoms with Crippen molar-refractivity contribution in [3.63, 3.8) is 0 Å². The van der Waals surface area contributed by atoms with Crippen molar-refractivity contribution < 1.29 is 9.13 Å². The summed E-state index contributed by atoms with van der Waals surface area (Å²) in [6.45, 7) is 8.16. The van der Waals surface area contributed by atoms with Gasteiger partial charge in [-0.05, 0) is 24.6 Å². The van der Waals surface area contributed by atoms with E-state index in [0.717, 1.165) is 57.6 Å². The van der Waals surface area contributed by atoms with Gasteiger partial charge in [-0.1, -0.05) is 13.0 Å². The first kappa shape index (κ1) is 26.0. The fraction of sp³-hybridized carbons (Fsp3) is 0.500. The summed E-state index contributed by atoms with van der Waals surface area (Å²) in [5.74, 6) is 1.78. The fourth-order valence-corrected chi connectivity index (χ4v) is 3.39. The smallest absolute Gasteiger partial charge is 0.225 e. The highest BCUT2D eigenvalue weighted by molar-refractivity contribution is 14.0. The quantitative estimate of drug-likeness (QED) is 0.279. The molecular weight excluding hydrogens is 524 g/mol. The van der Waals surface area contributed by atoms with Crippen molar-refractivity contribution >= 4 is 35.9 Å². The van der Waals surface area contributed by atoms with Crippen LogP contribution in [0.1, 0.15) is 13.3 Å². The Morgan fingerprint density at radius 3 is 2.56 bits per heavy atom. The third-order valence-electron chi connectivity index (χ3n) is 5.20. The number of rotatable bonds is 9. The fourth-order valence-electron chi connectivity index (χ4n) is 3.39. The number of aliphatic imine (C=N–C) groups is 1. The predicted molar refractivity (Wildman–Crippen MR) is 137 cm³/mol. The number of halogens is 2. The Labute approximate surface area is 206 Å². The van der Waals surface area contributed by atoms with E-state index < -0.39 is 0 Å². The molecule has 1 atom stereocenters. The Hall–Kier alpha value is -2.21. The lowest BCUT2D eigenvalue weighted by Crippen LogP contribution is -2.50. The minimum absolute atomic E-state index is 0. The molecule has 0 bridgehead atoms. The largest absolute Gasteiger partial charge is 0.489 e. The number of nitrogens with one attached hydrogen (secondary N) is 2. The van der Waals surface area contributed by atoms with Crippen LogP contribution in [0.3, 0.4) is 0 Å². The van der Waals surface area contributed by atoms with Crippen molar-refractivity contribution in [2.24, 2.45) is 4.99 Å². The van der Waals surface area contributed by atoms with E-state index >= 15 is 0 Å². The Bertz CT molecular complexity index is 819.